The van der Waals surface area contributed by atoms with E-state index in [1.165, 1.54) is 12.1 Å². The molecule has 0 aromatic heterocycles. The van der Waals surface area contributed by atoms with E-state index in [2.05, 4.69) is 51.7 Å². The highest BCUT2D eigenvalue weighted by molar-refractivity contribution is 5.85. The molecule has 2 rings (SSSR count). The van der Waals surface area contributed by atoms with Gasteiger partial charge in [0.2, 0.25) is 0 Å². The van der Waals surface area contributed by atoms with E-state index in [1.54, 1.807) is 36.7 Å². The second-order valence-corrected chi connectivity index (χ2v) is 10.3. The average Bonchev–Trinajstić information content (AvgIpc) is 2.63. The zero-order valence-corrected chi connectivity index (χ0v) is 19.1. The minimum absolute atomic E-state index is 0.160. The van der Waals surface area contributed by atoms with Crippen molar-refractivity contribution < 1.29 is 8.78 Å². The Bertz CT molecular complexity index is 844. The molecule has 2 aromatic carbocycles. The van der Waals surface area contributed by atoms with Crippen LogP contribution in [-0.2, 0) is 12.8 Å². The van der Waals surface area contributed by atoms with Crippen LogP contribution in [0.2, 0.25) is 0 Å². The van der Waals surface area contributed by atoms with Gasteiger partial charge in [-0.2, -0.15) is 10.2 Å². The van der Waals surface area contributed by atoms with Crippen LogP contribution in [0.1, 0.15) is 76.6 Å². The molecule has 2 nitrogen and oxygen atoms in total. The van der Waals surface area contributed by atoms with Crippen molar-refractivity contribution in [3.05, 3.63) is 70.3 Å². The number of hydrogen-bond donors (Lipinski definition) is 0. The third kappa shape index (κ3) is 8.56. The number of benzene rings is 2. The molecule has 30 heavy (non-hydrogen) atoms. The van der Waals surface area contributed by atoms with Gasteiger partial charge in [-0.1, -0.05) is 53.7 Å². The summed E-state index contributed by atoms with van der Waals surface area (Å²) in [6.45, 7) is 13.1. The van der Waals surface area contributed by atoms with Crippen molar-refractivity contribution in [3.63, 3.8) is 0 Å². The van der Waals surface area contributed by atoms with Crippen molar-refractivity contribution in [1.82, 2.24) is 0 Å². The van der Waals surface area contributed by atoms with Crippen LogP contribution >= 0.6 is 0 Å². The minimum Gasteiger partial charge on any atom is -0.207 e. The van der Waals surface area contributed by atoms with E-state index in [9.17, 15) is 8.78 Å². The highest BCUT2D eigenvalue weighted by Crippen LogP contribution is 2.27. The van der Waals surface area contributed by atoms with Gasteiger partial charge in [-0.15, -0.1) is 0 Å². The Morgan fingerprint density at radius 3 is 1.63 bits per heavy atom. The van der Waals surface area contributed by atoms with Crippen molar-refractivity contribution in [1.29, 1.82) is 0 Å². The summed E-state index contributed by atoms with van der Waals surface area (Å²) in [5, 5.41) is 8.34. The molecule has 0 heterocycles. The maximum Gasteiger partial charge on any atom is 0.123 e. The summed E-state index contributed by atoms with van der Waals surface area (Å²) in [7, 11) is 0. The van der Waals surface area contributed by atoms with Crippen molar-refractivity contribution in [2.24, 2.45) is 21.0 Å². The van der Waals surface area contributed by atoms with E-state index in [-0.39, 0.29) is 22.5 Å². The van der Waals surface area contributed by atoms with Gasteiger partial charge in [0.15, 0.2) is 0 Å². The molecule has 0 saturated heterocycles. The number of aryl methyl sites for hydroxylation is 2. The van der Waals surface area contributed by atoms with E-state index in [0.29, 0.717) is 0 Å². The first-order valence-corrected chi connectivity index (χ1v) is 10.6. The number of halogens is 2. The first-order chi connectivity index (χ1) is 13.9. The molecule has 0 aliphatic carbocycles. The van der Waals surface area contributed by atoms with Crippen LogP contribution in [0.4, 0.5) is 8.78 Å². The summed E-state index contributed by atoms with van der Waals surface area (Å²) in [4.78, 5) is 0. The molecule has 162 valence electrons. The molecule has 0 spiro atoms. The molecular weight excluding hydrogens is 378 g/mol. The number of nitrogens with zero attached hydrogens (tertiary/aromatic N) is 2. The van der Waals surface area contributed by atoms with Crippen molar-refractivity contribution >= 4 is 12.4 Å². The van der Waals surface area contributed by atoms with Crippen molar-refractivity contribution in [3.8, 4) is 0 Å². The molecule has 0 radical (unpaired) electrons. The lowest BCUT2D eigenvalue weighted by Crippen LogP contribution is -2.11. The Balaban J connectivity index is 2.32. The topological polar surface area (TPSA) is 24.7 Å². The summed E-state index contributed by atoms with van der Waals surface area (Å²) < 4.78 is 27.4. The van der Waals surface area contributed by atoms with Crippen molar-refractivity contribution in [2.75, 3.05) is 0 Å². The fraction of sp³-hybridized carbons (Fsp3) is 0.462. The van der Waals surface area contributed by atoms with Gasteiger partial charge in [0.25, 0.3) is 0 Å². The summed E-state index contributed by atoms with van der Waals surface area (Å²) in [6.07, 6.45) is 6.79. The van der Waals surface area contributed by atoms with Gasteiger partial charge in [0, 0.05) is 5.56 Å². The Hall–Kier alpha value is -2.36. The lowest BCUT2D eigenvalue weighted by molar-refractivity contribution is 0.375. The molecule has 0 atom stereocenters. The van der Waals surface area contributed by atoms with Gasteiger partial charge < -0.3 is 0 Å². The van der Waals surface area contributed by atoms with Gasteiger partial charge >= 0.3 is 0 Å². The van der Waals surface area contributed by atoms with Crippen LogP contribution in [0.3, 0.4) is 0 Å². The zero-order valence-electron chi connectivity index (χ0n) is 19.1. The second-order valence-electron chi connectivity index (χ2n) is 10.3. The Kier molecular flexibility index (Phi) is 8.05. The molecule has 0 bridgehead atoms. The van der Waals surface area contributed by atoms with Gasteiger partial charge in [0.1, 0.15) is 11.6 Å². The number of hydrogen-bond acceptors (Lipinski definition) is 2. The SMILES string of the molecule is CC(C)(C)CCc1cc(F)cc(CCC(C)(C)C)c1/C=N/N=C/c1ccc(F)cc1. The smallest absolute Gasteiger partial charge is 0.123 e. The quantitative estimate of drug-likeness (QED) is 0.335. The van der Waals surface area contributed by atoms with Crippen LogP contribution in [-0.4, -0.2) is 12.4 Å². The summed E-state index contributed by atoms with van der Waals surface area (Å²) >= 11 is 0. The molecule has 0 saturated carbocycles. The molecular formula is C26H34F2N2. The molecule has 0 amide bonds. The third-order valence-corrected chi connectivity index (χ3v) is 4.94. The normalized spacial score (nSPS) is 12.9. The molecule has 0 aliphatic heterocycles. The summed E-state index contributed by atoms with van der Waals surface area (Å²) in [5.41, 5.74) is 3.99. The van der Waals surface area contributed by atoms with Crippen LogP contribution in [0.25, 0.3) is 0 Å². The summed E-state index contributed by atoms with van der Waals surface area (Å²) in [6, 6.07) is 9.32. The van der Waals surface area contributed by atoms with Crippen molar-refractivity contribution in [2.45, 2.75) is 67.2 Å². The zero-order chi connectivity index (χ0) is 22.4. The lowest BCUT2D eigenvalue weighted by Gasteiger charge is -2.21. The van der Waals surface area contributed by atoms with E-state index in [0.717, 1.165) is 47.9 Å². The van der Waals surface area contributed by atoms with Gasteiger partial charge in [-0.05, 0) is 77.5 Å². The first-order valence-electron chi connectivity index (χ1n) is 10.6. The van der Waals surface area contributed by atoms with Gasteiger partial charge in [0.05, 0.1) is 12.4 Å². The molecule has 4 heteroatoms. The molecule has 2 aromatic rings. The van der Waals surface area contributed by atoms with Gasteiger partial charge in [-0.3, -0.25) is 0 Å². The maximum atomic E-state index is 14.4. The highest BCUT2D eigenvalue weighted by atomic mass is 19.1. The fourth-order valence-electron chi connectivity index (χ4n) is 3.08. The largest absolute Gasteiger partial charge is 0.207 e. The minimum atomic E-state index is -0.283. The standard InChI is InChI=1S/C26H34F2N2/c1-25(2,3)13-11-20-15-23(28)16-21(12-14-26(4,5)6)24(20)18-30-29-17-19-7-9-22(27)10-8-19/h7-10,15-18H,11-14H2,1-6H3/b29-17+,30-18+. The molecule has 0 fully saturated rings. The fourth-order valence-corrected chi connectivity index (χ4v) is 3.08. The van der Waals surface area contributed by atoms with Crippen LogP contribution in [0, 0.1) is 22.5 Å². The third-order valence-electron chi connectivity index (χ3n) is 4.94. The Labute approximate surface area is 180 Å². The molecule has 0 N–H and O–H groups in total. The number of rotatable bonds is 7. The van der Waals surface area contributed by atoms with E-state index in [1.807, 2.05) is 0 Å². The average molecular weight is 413 g/mol. The van der Waals surface area contributed by atoms with Crippen LogP contribution in [0.5, 0.6) is 0 Å². The molecule has 0 aliphatic rings. The van der Waals surface area contributed by atoms with E-state index >= 15 is 0 Å². The Morgan fingerprint density at radius 2 is 1.17 bits per heavy atom. The second kappa shape index (κ2) is 10.1. The Morgan fingerprint density at radius 1 is 0.700 bits per heavy atom. The van der Waals surface area contributed by atoms with Gasteiger partial charge in [-0.25, -0.2) is 8.78 Å². The highest BCUT2D eigenvalue weighted by Gasteiger charge is 2.17. The van der Waals surface area contributed by atoms with Crippen LogP contribution in [0.15, 0.2) is 46.6 Å². The predicted molar refractivity (Wildman–Crippen MR) is 124 cm³/mol. The molecule has 0 unspecified atom stereocenters. The monoisotopic (exact) mass is 412 g/mol. The van der Waals surface area contributed by atoms with E-state index < -0.39 is 0 Å². The summed E-state index contributed by atoms with van der Waals surface area (Å²) in [5.74, 6) is -0.483. The lowest BCUT2D eigenvalue weighted by atomic mass is 9.84. The predicted octanol–water partition coefficient (Wildman–Crippen LogP) is 7.38. The van der Waals surface area contributed by atoms with Crippen LogP contribution < -0.4 is 0 Å². The first kappa shape index (κ1) is 23.9. The maximum absolute atomic E-state index is 14.4. The van der Waals surface area contributed by atoms with E-state index in [4.69, 9.17) is 0 Å².